The highest BCUT2D eigenvalue weighted by molar-refractivity contribution is 7.22. The van der Waals surface area contributed by atoms with E-state index in [1.807, 2.05) is 13.8 Å². The highest BCUT2D eigenvalue weighted by Crippen LogP contribution is 2.45. The molecule has 7 nitrogen and oxygen atoms in total. The van der Waals surface area contributed by atoms with Crippen LogP contribution in [0.15, 0.2) is 72.3 Å². The molecule has 0 spiro atoms. The first kappa shape index (κ1) is 25.4. The number of halogens is 1. The second kappa shape index (κ2) is 10.6. The summed E-state index contributed by atoms with van der Waals surface area (Å²) in [4.78, 5) is 32.6. The summed E-state index contributed by atoms with van der Waals surface area (Å²) in [6, 6.07) is 16.9. The maximum atomic E-state index is 13.9. The highest BCUT2D eigenvalue weighted by Gasteiger charge is 2.48. The van der Waals surface area contributed by atoms with Crippen molar-refractivity contribution in [2.75, 3.05) is 18.1 Å². The quantitative estimate of drug-likeness (QED) is 0.164. The predicted octanol–water partition coefficient (Wildman–Crippen LogP) is 6.25. The summed E-state index contributed by atoms with van der Waals surface area (Å²) >= 11 is 1.10. The number of carbonyl (C=O) groups excluding carboxylic acids is 2. The fraction of sp³-hybridized carbons (Fsp3) is 0.207. The second-order valence-corrected chi connectivity index (χ2v) is 9.67. The Kier molecular flexibility index (Phi) is 7.11. The van der Waals surface area contributed by atoms with Crippen LogP contribution >= 0.6 is 11.3 Å². The largest absolute Gasteiger partial charge is 0.507 e. The molecular formula is C29H25FN2O5S. The maximum Gasteiger partial charge on any atom is 0.301 e. The third-order valence-corrected chi connectivity index (χ3v) is 7.09. The molecule has 1 amide bonds. The molecule has 1 N–H and O–H groups in total. The number of benzene rings is 3. The molecule has 38 heavy (non-hydrogen) atoms. The first-order chi connectivity index (χ1) is 18.4. The lowest BCUT2D eigenvalue weighted by atomic mass is 9.95. The molecule has 1 fully saturated rings. The van der Waals surface area contributed by atoms with E-state index in [4.69, 9.17) is 9.47 Å². The lowest BCUT2D eigenvalue weighted by molar-refractivity contribution is -0.132. The van der Waals surface area contributed by atoms with Gasteiger partial charge in [-0.2, -0.15) is 0 Å². The summed E-state index contributed by atoms with van der Waals surface area (Å²) in [6.07, 6.45) is 0.852. The SMILES string of the molecule is CCCOc1ccc(C(O)=C2C(=O)C(=O)N(c3nc4ccc(F)cc4s3)C2c2cccc(OCC)c2)cc1. The Morgan fingerprint density at radius 3 is 2.55 bits per heavy atom. The van der Waals surface area contributed by atoms with Gasteiger partial charge in [-0.1, -0.05) is 30.4 Å². The van der Waals surface area contributed by atoms with Crippen molar-refractivity contribution in [1.82, 2.24) is 4.98 Å². The van der Waals surface area contributed by atoms with Gasteiger partial charge in [-0.25, -0.2) is 9.37 Å². The number of hydrogen-bond donors (Lipinski definition) is 1. The van der Waals surface area contributed by atoms with Crippen molar-refractivity contribution in [3.63, 3.8) is 0 Å². The minimum absolute atomic E-state index is 0.0729. The number of Topliss-reactive ketones (excluding diaryl/α,β-unsaturated/α-hetero) is 1. The number of aliphatic hydroxyl groups excluding tert-OH is 1. The zero-order valence-electron chi connectivity index (χ0n) is 20.8. The van der Waals surface area contributed by atoms with Crippen LogP contribution in [0.1, 0.15) is 37.4 Å². The van der Waals surface area contributed by atoms with Gasteiger partial charge in [-0.05, 0) is 73.5 Å². The van der Waals surface area contributed by atoms with E-state index in [2.05, 4.69) is 4.98 Å². The molecule has 1 saturated heterocycles. The summed E-state index contributed by atoms with van der Waals surface area (Å²) in [7, 11) is 0. The molecule has 3 aromatic carbocycles. The van der Waals surface area contributed by atoms with E-state index in [1.54, 1.807) is 48.5 Å². The summed E-state index contributed by atoms with van der Waals surface area (Å²) < 4.78 is 25.7. The fourth-order valence-corrected chi connectivity index (χ4v) is 5.38. The summed E-state index contributed by atoms with van der Waals surface area (Å²) in [5.41, 5.74) is 1.35. The van der Waals surface area contributed by atoms with E-state index in [0.717, 1.165) is 17.8 Å². The first-order valence-electron chi connectivity index (χ1n) is 12.2. The Labute approximate surface area is 222 Å². The molecule has 0 saturated carbocycles. The number of aliphatic hydroxyl groups is 1. The van der Waals surface area contributed by atoms with Crippen molar-refractivity contribution in [3.8, 4) is 11.5 Å². The number of carbonyl (C=O) groups is 2. The van der Waals surface area contributed by atoms with Crippen LogP contribution in [0.2, 0.25) is 0 Å². The predicted molar refractivity (Wildman–Crippen MR) is 144 cm³/mol. The molecule has 0 bridgehead atoms. The van der Waals surface area contributed by atoms with Crippen LogP contribution in [0.5, 0.6) is 11.5 Å². The Hall–Kier alpha value is -4.24. The Bertz CT molecular complexity index is 1550. The van der Waals surface area contributed by atoms with Crippen molar-refractivity contribution < 1.29 is 28.6 Å². The number of ether oxygens (including phenoxy) is 2. The third-order valence-electron chi connectivity index (χ3n) is 6.08. The zero-order chi connectivity index (χ0) is 26.8. The highest BCUT2D eigenvalue weighted by atomic mass is 32.1. The average molecular weight is 533 g/mol. The number of ketones is 1. The molecule has 2 heterocycles. The molecule has 0 radical (unpaired) electrons. The molecule has 1 aliphatic heterocycles. The molecule has 1 atom stereocenters. The van der Waals surface area contributed by atoms with Gasteiger partial charge in [0.2, 0.25) is 0 Å². The average Bonchev–Trinajstić information content (AvgIpc) is 3.45. The lowest BCUT2D eigenvalue weighted by Gasteiger charge is -2.23. The van der Waals surface area contributed by atoms with Gasteiger partial charge in [-0.3, -0.25) is 14.5 Å². The summed E-state index contributed by atoms with van der Waals surface area (Å²) in [6.45, 7) is 4.84. The van der Waals surface area contributed by atoms with E-state index >= 15 is 0 Å². The normalized spacial score (nSPS) is 16.8. The van der Waals surface area contributed by atoms with E-state index in [9.17, 15) is 19.1 Å². The maximum absolute atomic E-state index is 13.9. The Balaban J connectivity index is 1.66. The molecule has 1 unspecified atom stereocenters. The number of hydrogen-bond acceptors (Lipinski definition) is 7. The van der Waals surface area contributed by atoms with Crippen LogP contribution in [0, 0.1) is 5.82 Å². The Morgan fingerprint density at radius 1 is 1.03 bits per heavy atom. The molecule has 1 aromatic heterocycles. The molecule has 4 aromatic rings. The van der Waals surface area contributed by atoms with Crippen molar-refractivity contribution in [2.45, 2.75) is 26.3 Å². The van der Waals surface area contributed by atoms with Gasteiger partial charge in [-0.15, -0.1) is 0 Å². The van der Waals surface area contributed by atoms with E-state index < -0.39 is 23.5 Å². The standard InChI is InChI=1S/C29H25FN2O5S/c1-3-14-37-20-11-8-17(9-12-20)26(33)24-25(18-6-5-7-21(15-18)36-4-2)32(28(35)27(24)34)29-31-22-13-10-19(30)16-23(22)38-29/h5-13,15-16,25,33H,3-4,14H2,1-2H3. The second-order valence-electron chi connectivity index (χ2n) is 8.66. The van der Waals surface area contributed by atoms with Crippen molar-refractivity contribution in [3.05, 3.63) is 89.2 Å². The van der Waals surface area contributed by atoms with Gasteiger partial charge in [0.25, 0.3) is 5.78 Å². The molecular weight excluding hydrogens is 507 g/mol. The molecule has 194 valence electrons. The van der Waals surface area contributed by atoms with Crippen LogP contribution in [0.4, 0.5) is 9.52 Å². The van der Waals surface area contributed by atoms with Crippen molar-refractivity contribution in [2.24, 2.45) is 0 Å². The van der Waals surface area contributed by atoms with Gasteiger partial charge in [0.15, 0.2) is 5.13 Å². The van der Waals surface area contributed by atoms with Gasteiger partial charge >= 0.3 is 5.91 Å². The number of nitrogens with zero attached hydrogens (tertiary/aromatic N) is 2. The number of anilines is 1. The molecule has 0 aliphatic carbocycles. The van der Waals surface area contributed by atoms with E-state index in [-0.39, 0.29) is 16.5 Å². The van der Waals surface area contributed by atoms with Gasteiger partial charge < -0.3 is 14.6 Å². The molecule has 5 rings (SSSR count). The summed E-state index contributed by atoms with van der Waals surface area (Å²) in [5, 5.41) is 11.6. The van der Waals surface area contributed by atoms with E-state index in [0.29, 0.717) is 46.1 Å². The van der Waals surface area contributed by atoms with Crippen molar-refractivity contribution in [1.29, 1.82) is 0 Å². The minimum atomic E-state index is -0.975. The third kappa shape index (κ3) is 4.72. The van der Waals surface area contributed by atoms with Crippen LogP contribution in [-0.4, -0.2) is 35.0 Å². The van der Waals surface area contributed by atoms with Gasteiger partial charge in [0.05, 0.1) is 35.0 Å². The topological polar surface area (TPSA) is 89.0 Å². The number of aromatic nitrogens is 1. The summed E-state index contributed by atoms with van der Waals surface area (Å²) in [5.74, 6) is -1.23. The molecule has 1 aliphatic rings. The number of rotatable bonds is 8. The lowest BCUT2D eigenvalue weighted by Crippen LogP contribution is -2.29. The van der Waals surface area contributed by atoms with Crippen LogP contribution in [-0.2, 0) is 9.59 Å². The smallest absolute Gasteiger partial charge is 0.301 e. The fourth-order valence-electron chi connectivity index (χ4n) is 4.36. The zero-order valence-corrected chi connectivity index (χ0v) is 21.6. The first-order valence-corrected chi connectivity index (χ1v) is 13.1. The van der Waals surface area contributed by atoms with E-state index in [1.165, 1.54) is 23.1 Å². The van der Waals surface area contributed by atoms with Crippen molar-refractivity contribution >= 4 is 44.1 Å². The van der Waals surface area contributed by atoms with Crippen LogP contribution < -0.4 is 14.4 Å². The number of amides is 1. The minimum Gasteiger partial charge on any atom is -0.507 e. The van der Waals surface area contributed by atoms with Gasteiger partial charge in [0, 0.05) is 5.56 Å². The van der Waals surface area contributed by atoms with Crippen LogP contribution in [0.3, 0.4) is 0 Å². The molecule has 9 heteroatoms. The van der Waals surface area contributed by atoms with Crippen LogP contribution in [0.25, 0.3) is 16.0 Å². The van der Waals surface area contributed by atoms with Gasteiger partial charge in [0.1, 0.15) is 23.1 Å². The monoisotopic (exact) mass is 532 g/mol. The number of fused-ring (bicyclic) bond motifs is 1. The number of thiazole rings is 1. The Morgan fingerprint density at radius 2 is 1.82 bits per heavy atom.